The summed E-state index contributed by atoms with van der Waals surface area (Å²) in [5.41, 5.74) is 0. The average molecular weight is 331 g/mol. The van der Waals surface area contributed by atoms with Crippen molar-refractivity contribution in [1.29, 1.82) is 0 Å². The number of nitrogens with zero attached hydrogens (tertiary/aromatic N) is 4. The molecule has 1 saturated heterocycles. The minimum atomic E-state index is 0.185. The summed E-state index contributed by atoms with van der Waals surface area (Å²) in [4.78, 5) is 13.4. The van der Waals surface area contributed by atoms with Crippen LogP contribution in [0.15, 0.2) is 35.1 Å². The molecule has 0 aromatic carbocycles. The molecule has 24 heavy (non-hydrogen) atoms. The molecule has 2 atom stereocenters. The standard InChI is InChI=1S/C17H25N5O2/c1-21(2)14-11-22(12-15(14)23-3)16-7-9-19-17(20-16)18-8-6-13-5-4-10-24-13/h4-5,7,9-10,14-15H,6,8,11-12H2,1-3H3,(H,18,19,20)/t14-,15+/m0/s1. The topological polar surface area (TPSA) is 66.7 Å². The number of hydrogen-bond donors (Lipinski definition) is 1. The Labute approximate surface area is 142 Å². The number of likely N-dealkylation sites (N-methyl/N-ethyl adjacent to an activating group) is 1. The van der Waals surface area contributed by atoms with Gasteiger partial charge in [-0.1, -0.05) is 0 Å². The van der Waals surface area contributed by atoms with E-state index in [-0.39, 0.29) is 6.10 Å². The number of ether oxygens (including phenoxy) is 1. The number of nitrogens with one attached hydrogen (secondary N) is 1. The Morgan fingerprint density at radius 3 is 2.92 bits per heavy atom. The smallest absolute Gasteiger partial charge is 0.224 e. The Bertz CT molecular complexity index is 632. The van der Waals surface area contributed by atoms with Gasteiger partial charge in [0.1, 0.15) is 11.6 Å². The monoisotopic (exact) mass is 331 g/mol. The van der Waals surface area contributed by atoms with E-state index >= 15 is 0 Å². The zero-order valence-electron chi connectivity index (χ0n) is 14.5. The van der Waals surface area contributed by atoms with Crippen LogP contribution in [0.3, 0.4) is 0 Å². The van der Waals surface area contributed by atoms with E-state index in [4.69, 9.17) is 9.15 Å². The second-order valence-corrected chi connectivity index (χ2v) is 6.20. The van der Waals surface area contributed by atoms with Gasteiger partial charge in [-0.3, -0.25) is 0 Å². The summed E-state index contributed by atoms with van der Waals surface area (Å²) in [6.45, 7) is 2.47. The van der Waals surface area contributed by atoms with E-state index in [1.807, 2.05) is 18.2 Å². The third-order valence-electron chi connectivity index (χ3n) is 4.40. The molecule has 0 unspecified atom stereocenters. The van der Waals surface area contributed by atoms with E-state index in [9.17, 15) is 0 Å². The van der Waals surface area contributed by atoms with Crippen molar-refractivity contribution in [2.75, 3.05) is 51.1 Å². The number of aromatic nitrogens is 2. The lowest BCUT2D eigenvalue weighted by Gasteiger charge is -2.23. The van der Waals surface area contributed by atoms with Gasteiger partial charge in [-0.15, -0.1) is 0 Å². The molecule has 0 saturated carbocycles. The van der Waals surface area contributed by atoms with Crippen molar-refractivity contribution in [3.63, 3.8) is 0 Å². The molecule has 7 nitrogen and oxygen atoms in total. The van der Waals surface area contributed by atoms with Gasteiger partial charge in [-0.05, 0) is 32.3 Å². The fourth-order valence-corrected chi connectivity index (χ4v) is 3.03. The highest BCUT2D eigenvalue weighted by atomic mass is 16.5. The van der Waals surface area contributed by atoms with Gasteiger partial charge in [0.25, 0.3) is 0 Å². The summed E-state index contributed by atoms with van der Waals surface area (Å²) in [6, 6.07) is 6.17. The summed E-state index contributed by atoms with van der Waals surface area (Å²) >= 11 is 0. The summed E-state index contributed by atoms with van der Waals surface area (Å²) in [5, 5.41) is 3.26. The summed E-state index contributed by atoms with van der Waals surface area (Å²) in [7, 11) is 5.94. The maximum Gasteiger partial charge on any atom is 0.224 e. The van der Waals surface area contributed by atoms with Crippen LogP contribution in [0, 0.1) is 0 Å². The van der Waals surface area contributed by atoms with Crippen molar-refractivity contribution in [3.05, 3.63) is 36.4 Å². The summed E-state index contributed by atoms with van der Waals surface area (Å²) < 4.78 is 10.9. The molecule has 3 rings (SSSR count). The lowest BCUT2D eigenvalue weighted by Crippen LogP contribution is -2.39. The molecule has 130 valence electrons. The fourth-order valence-electron chi connectivity index (χ4n) is 3.03. The van der Waals surface area contributed by atoms with E-state index in [2.05, 4.69) is 39.2 Å². The van der Waals surface area contributed by atoms with Gasteiger partial charge in [-0.25, -0.2) is 4.98 Å². The molecule has 2 aromatic heterocycles. The normalized spacial score (nSPS) is 20.8. The Kier molecular flexibility index (Phi) is 5.32. The molecule has 0 spiro atoms. The largest absolute Gasteiger partial charge is 0.469 e. The van der Waals surface area contributed by atoms with Crippen LogP contribution >= 0.6 is 0 Å². The average Bonchev–Trinajstić information content (AvgIpc) is 3.24. The second kappa shape index (κ2) is 7.63. The maximum absolute atomic E-state index is 5.62. The fraction of sp³-hybridized carbons (Fsp3) is 0.529. The van der Waals surface area contributed by atoms with Crippen molar-refractivity contribution in [2.24, 2.45) is 0 Å². The molecule has 1 aliphatic rings. The summed E-state index contributed by atoms with van der Waals surface area (Å²) in [6.07, 6.45) is 4.47. The summed E-state index contributed by atoms with van der Waals surface area (Å²) in [5.74, 6) is 2.52. The third-order valence-corrected chi connectivity index (χ3v) is 4.40. The van der Waals surface area contributed by atoms with E-state index in [1.165, 1.54) is 0 Å². The van der Waals surface area contributed by atoms with Gasteiger partial charge in [0.2, 0.25) is 5.95 Å². The zero-order valence-corrected chi connectivity index (χ0v) is 14.5. The molecule has 1 aliphatic heterocycles. The molecule has 0 radical (unpaired) electrons. The van der Waals surface area contributed by atoms with Crippen molar-refractivity contribution in [1.82, 2.24) is 14.9 Å². The third kappa shape index (κ3) is 3.85. The van der Waals surface area contributed by atoms with Crippen LogP contribution in [-0.4, -0.2) is 67.9 Å². The van der Waals surface area contributed by atoms with Gasteiger partial charge in [0.05, 0.1) is 18.4 Å². The Morgan fingerprint density at radius 2 is 2.25 bits per heavy atom. The zero-order chi connectivity index (χ0) is 16.9. The highest BCUT2D eigenvalue weighted by Crippen LogP contribution is 2.22. The predicted molar refractivity (Wildman–Crippen MR) is 93.4 cm³/mol. The van der Waals surface area contributed by atoms with Crippen LogP contribution in [-0.2, 0) is 11.2 Å². The molecule has 0 bridgehead atoms. The van der Waals surface area contributed by atoms with Gasteiger partial charge >= 0.3 is 0 Å². The lowest BCUT2D eigenvalue weighted by molar-refractivity contribution is 0.0639. The van der Waals surface area contributed by atoms with Crippen LogP contribution in [0.25, 0.3) is 0 Å². The van der Waals surface area contributed by atoms with E-state index in [0.717, 1.165) is 37.6 Å². The van der Waals surface area contributed by atoms with E-state index < -0.39 is 0 Å². The number of furan rings is 1. The van der Waals surface area contributed by atoms with Crippen LogP contribution in [0.2, 0.25) is 0 Å². The first-order valence-electron chi connectivity index (χ1n) is 8.21. The lowest BCUT2D eigenvalue weighted by atomic mass is 10.2. The maximum atomic E-state index is 5.62. The molecule has 7 heteroatoms. The predicted octanol–water partition coefficient (Wildman–Crippen LogP) is 1.49. The van der Waals surface area contributed by atoms with Crippen LogP contribution in [0.4, 0.5) is 11.8 Å². The van der Waals surface area contributed by atoms with E-state index in [1.54, 1.807) is 19.6 Å². The van der Waals surface area contributed by atoms with Gasteiger partial charge in [0, 0.05) is 39.4 Å². The quantitative estimate of drug-likeness (QED) is 0.824. The number of hydrogen-bond acceptors (Lipinski definition) is 7. The molecular formula is C17H25N5O2. The molecule has 1 N–H and O–H groups in total. The Hall–Kier alpha value is -2.12. The number of methoxy groups -OCH3 is 1. The first-order valence-corrected chi connectivity index (χ1v) is 8.21. The number of anilines is 2. The van der Waals surface area contributed by atoms with Crippen LogP contribution < -0.4 is 10.2 Å². The minimum Gasteiger partial charge on any atom is -0.469 e. The van der Waals surface area contributed by atoms with Crippen molar-refractivity contribution >= 4 is 11.8 Å². The van der Waals surface area contributed by atoms with Crippen LogP contribution in [0.5, 0.6) is 0 Å². The van der Waals surface area contributed by atoms with Gasteiger partial charge in [0.15, 0.2) is 0 Å². The molecule has 1 fully saturated rings. The number of rotatable bonds is 7. The van der Waals surface area contributed by atoms with Crippen molar-refractivity contribution in [2.45, 2.75) is 18.6 Å². The van der Waals surface area contributed by atoms with Crippen LogP contribution in [0.1, 0.15) is 5.76 Å². The highest BCUT2D eigenvalue weighted by Gasteiger charge is 2.34. The minimum absolute atomic E-state index is 0.185. The molecule has 0 amide bonds. The van der Waals surface area contributed by atoms with Crippen molar-refractivity contribution in [3.8, 4) is 0 Å². The first-order chi connectivity index (χ1) is 11.7. The van der Waals surface area contributed by atoms with E-state index in [0.29, 0.717) is 12.0 Å². The Balaban J connectivity index is 1.60. The molecule has 2 aromatic rings. The Morgan fingerprint density at radius 1 is 1.38 bits per heavy atom. The molecular weight excluding hydrogens is 306 g/mol. The first kappa shape index (κ1) is 16.7. The van der Waals surface area contributed by atoms with Crippen molar-refractivity contribution < 1.29 is 9.15 Å². The van der Waals surface area contributed by atoms with Gasteiger partial charge < -0.3 is 24.3 Å². The molecule has 0 aliphatic carbocycles. The highest BCUT2D eigenvalue weighted by molar-refractivity contribution is 5.44. The molecule has 3 heterocycles. The second-order valence-electron chi connectivity index (χ2n) is 6.20. The SMILES string of the molecule is CO[C@@H]1CN(c2ccnc(NCCc3ccco3)n2)C[C@@H]1N(C)C. The van der Waals surface area contributed by atoms with Gasteiger partial charge in [-0.2, -0.15) is 4.98 Å².